The lowest BCUT2D eigenvalue weighted by Gasteiger charge is -2.09. The summed E-state index contributed by atoms with van der Waals surface area (Å²) < 4.78 is 3.97. The number of carbonyl (C=O) groups excluding carboxylic acids is 1. The Hall–Kier alpha value is -2.96. The number of rotatable bonds is 5. The number of anilines is 1. The third kappa shape index (κ3) is 4.07. The van der Waals surface area contributed by atoms with E-state index in [1.54, 1.807) is 10.9 Å². The van der Waals surface area contributed by atoms with Crippen LogP contribution in [0.2, 0.25) is 0 Å². The van der Waals surface area contributed by atoms with Crippen molar-refractivity contribution in [1.82, 2.24) is 24.5 Å². The Morgan fingerprint density at radius 2 is 2.15 bits per heavy atom. The van der Waals surface area contributed by atoms with Crippen LogP contribution in [0.1, 0.15) is 37.1 Å². The molecule has 1 aliphatic rings. The molecule has 140 valence electrons. The second-order valence-electron chi connectivity index (χ2n) is 7.05. The Labute approximate surface area is 158 Å². The van der Waals surface area contributed by atoms with E-state index in [0.717, 1.165) is 47.8 Å². The largest absolute Gasteiger partial charge is 0.326 e. The first-order valence-electron chi connectivity index (χ1n) is 9.49. The smallest absolute Gasteiger partial charge is 0.224 e. The van der Waals surface area contributed by atoms with E-state index in [1.807, 2.05) is 37.5 Å². The van der Waals surface area contributed by atoms with Crippen molar-refractivity contribution in [2.75, 3.05) is 5.32 Å². The summed E-state index contributed by atoms with van der Waals surface area (Å²) in [6.07, 6.45) is 9.38. The predicted octanol–water partition coefficient (Wildman–Crippen LogP) is 2.98. The number of aryl methyl sites for hydroxylation is 3. The molecular weight excluding hydrogens is 340 g/mol. The summed E-state index contributed by atoms with van der Waals surface area (Å²) in [7, 11) is 1.88. The number of carbonyl (C=O) groups is 1. The van der Waals surface area contributed by atoms with Gasteiger partial charge in [-0.1, -0.05) is 18.6 Å². The first-order chi connectivity index (χ1) is 13.2. The van der Waals surface area contributed by atoms with Gasteiger partial charge in [-0.2, -0.15) is 5.10 Å². The van der Waals surface area contributed by atoms with Gasteiger partial charge in [-0.15, -0.1) is 10.2 Å². The first kappa shape index (κ1) is 17.5. The van der Waals surface area contributed by atoms with E-state index >= 15 is 0 Å². The third-order valence-electron chi connectivity index (χ3n) is 4.91. The molecule has 0 saturated carbocycles. The molecule has 3 heterocycles. The van der Waals surface area contributed by atoms with Gasteiger partial charge in [-0.3, -0.25) is 9.48 Å². The van der Waals surface area contributed by atoms with Crippen LogP contribution in [0, 0.1) is 0 Å². The van der Waals surface area contributed by atoms with Gasteiger partial charge >= 0.3 is 0 Å². The lowest BCUT2D eigenvalue weighted by atomic mass is 10.1. The number of nitrogens with one attached hydrogen (secondary N) is 1. The third-order valence-corrected chi connectivity index (χ3v) is 4.91. The van der Waals surface area contributed by atoms with E-state index in [1.165, 1.54) is 12.8 Å². The predicted molar refractivity (Wildman–Crippen MR) is 103 cm³/mol. The van der Waals surface area contributed by atoms with Crippen LogP contribution >= 0.6 is 0 Å². The molecule has 0 atom stereocenters. The maximum atomic E-state index is 12.3. The number of aromatic nitrogens is 5. The topological polar surface area (TPSA) is 77.6 Å². The zero-order valence-electron chi connectivity index (χ0n) is 15.6. The second-order valence-corrected chi connectivity index (χ2v) is 7.05. The molecule has 4 rings (SSSR count). The molecule has 0 unspecified atom stereocenters. The van der Waals surface area contributed by atoms with Crippen LogP contribution in [-0.2, 0) is 31.2 Å². The van der Waals surface area contributed by atoms with Crippen LogP contribution in [0.4, 0.5) is 5.69 Å². The van der Waals surface area contributed by atoms with Crippen LogP contribution in [-0.4, -0.2) is 30.5 Å². The Balaban J connectivity index is 1.45. The summed E-state index contributed by atoms with van der Waals surface area (Å²) in [5, 5.41) is 15.9. The minimum Gasteiger partial charge on any atom is -0.326 e. The van der Waals surface area contributed by atoms with Gasteiger partial charge in [-0.05, 0) is 37.0 Å². The quantitative estimate of drug-likeness (QED) is 0.755. The molecule has 1 amide bonds. The average Bonchev–Trinajstić information content (AvgIpc) is 3.19. The average molecular weight is 364 g/mol. The maximum Gasteiger partial charge on any atom is 0.224 e. The number of nitrogens with zero attached hydrogens (tertiary/aromatic N) is 5. The van der Waals surface area contributed by atoms with Crippen LogP contribution < -0.4 is 5.32 Å². The number of amides is 1. The fraction of sp³-hybridized carbons (Fsp3) is 0.400. The zero-order valence-corrected chi connectivity index (χ0v) is 15.6. The summed E-state index contributed by atoms with van der Waals surface area (Å²) in [5.74, 6) is 1.95. The van der Waals surface area contributed by atoms with Crippen LogP contribution in [0.5, 0.6) is 0 Å². The van der Waals surface area contributed by atoms with Gasteiger partial charge in [0, 0.05) is 43.9 Å². The molecule has 0 bridgehead atoms. The van der Waals surface area contributed by atoms with Crippen molar-refractivity contribution in [2.45, 2.75) is 45.1 Å². The number of hydrogen-bond acceptors (Lipinski definition) is 4. The highest BCUT2D eigenvalue weighted by Crippen LogP contribution is 2.25. The van der Waals surface area contributed by atoms with Crippen molar-refractivity contribution in [2.24, 2.45) is 7.05 Å². The summed E-state index contributed by atoms with van der Waals surface area (Å²) in [6, 6.07) is 7.85. The van der Waals surface area contributed by atoms with Gasteiger partial charge in [0.1, 0.15) is 5.82 Å². The molecule has 0 aliphatic carbocycles. The van der Waals surface area contributed by atoms with E-state index < -0.39 is 0 Å². The molecule has 0 saturated heterocycles. The van der Waals surface area contributed by atoms with Gasteiger partial charge in [0.05, 0.1) is 6.20 Å². The second kappa shape index (κ2) is 7.73. The normalized spacial score (nSPS) is 13.8. The van der Waals surface area contributed by atoms with E-state index in [0.29, 0.717) is 12.8 Å². The lowest BCUT2D eigenvalue weighted by molar-refractivity contribution is -0.116. The summed E-state index contributed by atoms with van der Waals surface area (Å²) in [4.78, 5) is 12.3. The van der Waals surface area contributed by atoms with Gasteiger partial charge in [0.2, 0.25) is 5.91 Å². The summed E-state index contributed by atoms with van der Waals surface area (Å²) >= 11 is 0. The van der Waals surface area contributed by atoms with Gasteiger partial charge in [0.15, 0.2) is 5.82 Å². The van der Waals surface area contributed by atoms with E-state index in [-0.39, 0.29) is 5.91 Å². The van der Waals surface area contributed by atoms with Crippen molar-refractivity contribution in [1.29, 1.82) is 0 Å². The lowest BCUT2D eigenvalue weighted by Crippen LogP contribution is -2.12. The molecule has 1 N–H and O–H groups in total. The molecule has 2 aromatic heterocycles. The fourth-order valence-electron chi connectivity index (χ4n) is 3.52. The van der Waals surface area contributed by atoms with Crippen molar-refractivity contribution in [3.8, 4) is 11.4 Å². The number of benzene rings is 1. The van der Waals surface area contributed by atoms with Gasteiger partial charge in [0.25, 0.3) is 0 Å². The highest BCUT2D eigenvalue weighted by Gasteiger charge is 2.16. The summed E-state index contributed by atoms with van der Waals surface area (Å²) in [6.45, 7) is 0.958. The van der Waals surface area contributed by atoms with Crippen LogP contribution in [0.25, 0.3) is 11.4 Å². The molecule has 7 heteroatoms. The standard InChI is InChI=1S/C20H24N6O/c1-25-14-15(13-21-25)9-10-19(27)22-17-7-5-6-16(12-17)20-24-23-18-8-3-2-4-11-26(18)20/h5-7,12-14H,2-4,8-11H2,1H3,(H,22,27). The highest BCUT2D eigenvalue weighted by molar-refractivity contribution is 5.91. The van der Waals surface area contributed by atoms with Crippen molar-refractivity contribution in [3.63, 3.8) is 0 Å². The molecule has 0 spiro atoms. The molecule has 27 heavy (non-hydrogen) atoms. The molecular formula is C20H24N6O. The van der Waals surface area contributed by atoms with Crippen LogP contribution in [0.3, 0.4) is 0 Å². The molecule has 1 aromatic carbocycles. The monoisotopic (exact) mass is 364 g/mol. The SMILES string of the molecule is Cn1cc(CCC(=O)Nc2cccc(-c3nnc4n3CCCCC4)c2)cn1. The fourth-order valence-corrected chi connectivity index (χ4v) is 3.52. The van der Waals surface area contributed by atoms with Gasteiger partial charge in [-0.25, -0.2) is 0 Å². The van der Waals surface area contributed by atoms with Crippen LogP contribution in [0.15, 0.2) is 36.7 Å². The molecule has 0 fully saturated rings. The van der Waals surface area contributed by atoms with Crippen molar-refractivity contribution in [3.05, 3.63) is 48.0 Å². The number of hydrogen-bond donors (Lipinski definition) is 1. The van der Waals surface area contributed by atoms with E-state index in [9.17, 15) is 4.79 Å². The first-order valence-corrected chi connectivity index (χ1v) is 9.49. The van der Waals surface area contributed by atoms with E-state index in [4.69, 9.17) is 0 Å². The molecule has 3 aromatic rings. The Morgan fingerprint density at radius 1 is 1.22 bits per heavy atom. The van der Waals surface area contributed by atoms with E-state index in [2.05, 4.69) is 25.2 Å². The molecule has 1 aliphatic heterocycles. The molecule has 7 nitrogen and oxygen atoms in total. The Kier molecular flexibility index (Phi) is 5.00. The van der Waals surface area contributed by atoms with Crippen molar-refractivity contribution < 1.29 is 4.79 Å². The molecule has 0 radical (unpaired) electrons. The van der Waals surface area contributed by atoms with Gasteiger partial charge < -0.3 is 9.88 Å². The zero-order chi connectivity index (χ0) is 18.6. The number of fused-ring (bicyclic) bond motifs is 1. The van der Waals surface area contributed by atoms with Crippen molar-refractivity contribution >= 4 is 11.6 Å². The Morgan fingerprint density at radius 3 is 3.00 bits per heavy atom. The maximum absolute atomic E-state index is 12.3. The highest BCUT2D eigenvalue weighted by atomic mass is 16.1. The minimum absolute atomic E-state index is 0.00363. The summed E-state index contributed by atoms with van der Waals surface area (Å²) in [5.41, 5.74) is 2.84. The minimum atomic E-state index is -0.00363. The Bertz CT molecular complexity index is 942.